The van der Waals surface area contributed by atoms with Crippen molar-refractivity contribution in [3.8, 4) is 0 Å². The van der Waals surface area contributed by atoms with E-state index in [9.17, 15) is 0 Å². The first-order valence-electron chi connectivity index (χ1n) is 6.39. The van der Waals surface area contributed by atoms with Crippen molar-refractivity contribution in [2.45, 2.75) is 31.4 Å². The van der Waals surface area contributed by atoms with E-state index in [-0.39, 0.29) is 0 Å². The first-order valence-corrected chi connectivity index (χ1v) is 8.15. The zero-order valence-corrected chi connectivity index (χ0v) is 13.1. The monoisotopic (exact) mass is 293 g/mol. The highest BCUT2D eigenvalue weighted by molar-refractivity contribution is 7.98. The Morgan fingerprint density at radius 3 is 2.68 bits per heavy atom. The van der Waals surface area contributed by atoms with Crippen molar-refractivity contribution in [3.05, 3.63) is 35.7 Å². The van der Waals surface area contributed by atoms with Gasteiger partial charge in [-0.2, -0.15) is 4.37 Å². The Bertz CT molecular complexity index is 506. The molecule has 0 amide bonds. The molecule has 0 saturated carbocycles. The third kappa shape index (κ3) is 4.84. The predicted molar refractivity (Wildman–Crippen MR) is 84.0 cm³/mol. The van der Waals surface area contributed by atoms with Gasteiger partial charge in [-0.25, -0.2) is 4.98 Å². The lowest BCUT2D eigenvalue weighted by Gasteiger charge is -2.03. The number of aromatic nitrogens is 2. The number of aryl methyl sites for hydroxylation is 1. The second-order valence-electron chi connectivity index (χ2n) is 4.89. The molecule has 102 valence electrons. The van der Waals surface area contributed by atoms with Crippen LogP contribution >= 0.6 is 23.3 Å². The molecule has 0 aliphatic rings. The third-order valence-corrected chi connectivity index (χ3v) is 4.24. The van der Waals surface area contributed by atoms with E-state index in [1.165, 1.54) is 22.0 Å². The Morgan fingerprint density at radius 2 is 2.00 bits per heavy atom. The van der Waals surface area contributed by atoms with Gasteiger partial charge in [-0.1, -0.05) is 31.5 Å². The molecule has 0 aliphatic heterocycles. The predicted octanol–water partition coefficient (Wildman–Crippen LogP) is 4.21. The lowest BCUT2D eigenvalue weighted by atomic mass is 10.2. The standard InChI is InChI=1S/C14H19N3S2/c1-10(2)8-15-14-16-13(17-19-14)9-18-12-6-4-11(3)5-7-12/h4-7,10H,8-9H2,1-3H3,(H,15,16,17). The van der Waals surface area contributed by atoms with E-state index in [0.29, 0.717) is 5.92 Å². The quantitative estimate of drug-likeness (QED) is 0.810. The molecule has 1 N–H and O–H groups in total. The molecule has 1 heterocycles. The van der Waals surface area contributed by atoms with Crippen molar-refractivity contribution in [1.29, 1.82) is 0 Å². The van der Waals surface area contributed by atoms with Gasteiger partial charge in [0.05, 0.1) is 5.75 Å². The number of benzene rings is 1. The third-order valence-electron chi connectivity index (χ3n) is 2.52. The summed E-state index contributed by atoms with van der Waals surface area (Å²) in [7, 11) is 0. The van der Waals surface area contributed by atoms with Crippen LogP contribution in [-0.2, 0) is 5.75 Å². The molecule has 5 heteroatoms. The van der Waals surface area contributed by atoms with Crippen LogP contribution in [-0.4, -0.2) is 15.9 Å². The Morgan fingerprint density at radius 1 is 1.26 bits per heavy atom. The van der Waals surface area contributed by atoms with E-state index in [1.54, 1.807) is 11.8 Å². The molecule has 0 aliphatic carbocycles. The van der Waals surface area contributed by atoms with Gasteiger partial charge >= 0.3 is 0 Å². The second-order valence-corrected chi connectivity index (χ2v) is 6.69. The normalized spacial score (nSPS) is 10.9. The maximum atomic E-state index is 4.49. The number of nitrogens with zero attached hydrogens (tertiary/aromatic N) is 2. The maximum Gasteiger partial charge on any atom is 0.202 e. The molecule has 0 atom stereocenters. The highest BCUT2D eigenvalue weighted by atomic mass is 32.2. The minimum atomic E-state index is 0.620. The lowest BCUT2D eigenvalue weighted by Crippen LogP contribution is -2.07. The summed E-state index contributed by atoms with van der Waals surface area (Å²) < 4.78 is 4.37. The summed E-state index contributed by atoms with van der Waals surface area (Å²) in [5.74, 6) is 2.35. The minimum Gasteiger partial charge on any atom is -0.360 e. The number of rotatable bonds is 6. The molecule has 0 fully saturated rings. The van der Waals surface area contributed by atoms with Crippen molar-refractivity contribution in [2.75, 3.05) is 11.9 Å². The van der Waals surface area contributed by atoms with Crippen LogP contribution in [0.15, 0.2) is 29.2 Å². The summed E-state index contributed by atoms with van der Waals surface area (Å²) in [5.41, 5.74) is 1.29. The van der Waals surface area contributed by atoms with Gasteiger partial charge < -0.3 is 5.32 Å². The van der Waals surface area contributed by atoms with Gasteiger partial charge in [-0.3, -0.25) is 0 Å². The van der Waals surface area contributed by atoms with Crippen LogP contribution in [0.2, 0.25) is 0 Å². The Labute approximate surface area is 123 Å². The average molecular weight is 293 g/mol. The number of hydrogen-bond donors (Lipinski definition) is 1. The number of anilines is 1. The van der Waals surface area contributed by atoms with Crippen molar-refractivity contribution in [1.82, 2.24) is 9.36 Å². The number of hydrogen-bond acceptors (Lipinski definition) is 5. The van der Waals surface area contributed by atoms with Crippen LogP contribution in [0.5, 0.6) is 0 Å². The zero-order valence-electron chi connectivity index (χ0n) is 11.5. The molecule has 3 nitrogen and oxygen atoms in total. The Hall–Kier alpha value is -1.07. The van der Waals surface area contributed by atoms with Crippen LogP contribution in [0.4, 0.5) is 5.13 Å². The molecule has 0 unspecified atom stereocenters. The van der Waals surface area contributed by atoms with E-state index in [2.05, 4.69) is 59.7 Å². The summed E-state index contributed by atoms with van der Waals surface area (Å²) in [5, 5.41) is 4.23. The lowest BCUT2D eigenvalue weighted by molar-refractivity contribution is 0.688. The van der Waals surface area contributed by atoms with E-state index in [1.807, 2.05) is 0 Å². The fraction of sp³-hybridized carbons (Fsp3) is 0.429. The van der Waals surface area contributed by atoms with Crippen LogP contribution in [0.25, 0.3) is 0 Å². The van der Waals surface area contributed by atoms with Gasteiger partial charge in [0, 0.05) is 23.0 Å². The topological polar surface area (TPSA) is 37.8 Å². The Kier molecular flexibility index (Phi) is 5.22. The van der Waals surface area contributed by atoms with Gasteiger partial charge in [0.2, 0.25) is 5.13 Å². The molecule has 2 aromatic rings. The van der Waals surface area contributed by atoms with Gasteiger partial charge in [-0.05, 0) is 25.0 Å². The van der Waals surface area contributed by atoms with Crippen LogP contribution in [0.1, 0.15) is 25.2 Å². The minimum absolute atomic E-state index is 0.620. The first kappa shape index (κ1) is 14.3. The summed E-state index contributed by atoms with van der Waals surface area (Å²) >= 11 is 3.22. The van der Waals surface area contributed by atoms with Crippen LogP contribution < -0.4 is 5.32 Å². The van der Waals surface area contributed by atoms with Gasteiger partial charge in [-0.15, -0.1) is 11.8 Å². The second kappa shape index (κ2) is 6.91. The average Bonchev–Trinajstić information content (AvgIpc) is 2.84. The number of thioether (sulfide) groups is 1. The van der Waals surface area contributed by atoms with Gasteiger partial charge in [0.1, 0.15) is 0 Å². The van der Waals surface area contributed by atoms with E-state index in [4.69, 9.17) is 0 Å². The molecular weight excluding hydrogens is 274 g/mol. The van der Waals surface area contributed by atoms with E-state index >= 15 is 0 Å². The fourth-order valence-electron chi connectivity index (χ4n) is 1.46. The highest BCUT2D eigenvalue weighted by Gasteiger charge is 2.05. The molecule has 0 bridgehead atoms. The van der Waals surface area contributed by atoms with Gasteiger partial charge in [0.25, 0.3) is 0 Å². The SMILES string of the molecule is Cc1ccc(SCc2nsc(NCC(C)C)n2)cc1. The van der Waals surface area contributed by atoms with Gasteiger partial charge in [0.15, 0.2) is 5.82 Å². The molecule has 19 heavy (non-hydrogen) atoms. The van der Waals surface area contributed by atoms with Crippen molar-refractivity contribution >= 4 is 28.4 Å². The van der Waals surface area contributed by atoms with E-state index < -0.39 is 0 Å². The summed E-state index contributed by atoms with van der Waals surface area (Å²) in [6, 6.07) is 8.55. The molecule has 1 aromatic carbocycles. The zero-order chi connectivity index (χ0) is 13.7. The summed E-state index contributed by atoms with van der Waals surface area (Å²) in [4.78, 5) is 5.75. The van der Waals surface area contributed by atoms with E-state index in [0.717, 1.165) is 23.3 Å². The van der Waals surface area contributed by atoms with Crippen molar-refractivity contribution < 1.29 is 0 Å². The molecular formula is C14H19N3S2. The molecule has 1 aromatic heterocycles. The molecule has 2 rings (SSSR count). The molecule has 0 spiro atoms. The summed E-state index contributed by atoms with van der Waals surface area (Å²) in [6.07, 6.45) is 0. The molecule has 0 saturated heterocycles. The first-order chi connectivity index (χ1) is 9.13. The smallest absolute Gasteiger partial charge is 0.202 e. The van der Waals surface area contributed by atoms with Crippen LogP contribution in [0, 0.1) is 12.8 Å². The molecule has 0 radical (unpaired) electrons. The van der Waals surface area contributed by atoms with Crippen molar-refractivity contribution in [3.63, 3.8) is 0 Å². The van der Waals surface area contributed by atoms with Crippen molar-refractivity contribution in [2.24, 2.45) is 5.92 Å². The fourth-order valence-corrected chi connectivity index (χ4v) is 2.88. The van der Waals surface area contributed by atoms with Crippen LogP contribution in [0.3, 0.4) is 0 Å². The Balaban J connectivity index is 1.84. The highest BCUT2D eigenvalue weighted by Crippen LogP contribution is 2.23. The largest absolute Gasteiger partial charge is 0.360 e. The summed E-state index contributed by atoms with van der Waals surface area (Å²) in [6.45, 7) is 7.41. The number of nitrogens with one attached hydrogen (secondary N) is 1. The maximum absolute atomic E-state index is 4.49.